The van der Waals surface area contributed by atoms with Crippen LogP contribution < -0.4 is 5.32 Å². The maximum atomic E-state index is 3.78. The monoisotopic (exact) mass is 267 g/mol. The van der Waals surface area contributed by atoms with E-state index in [1.807, 2.05) is 0 Å². The number of unbranched alkanes of at least 4 members (excludes halogenated alkanes) is 7. The van der Waals surface area contributed by atoms with Gasteiger partial charge in [0, 0.05) is 6.04 Å². The van der Waals surface area contributed by atoms with Crippen LogP contribution in [0.1, 0.15) is 91.4 Å². The largest absolute Gasteiger partial charge is 0.314 e. The molecule has 0 radical (unpaired) electrons. The first-order valence-corrected chi connectivity index (χ1v) is 8.97. The molecule has 0 heterocycles. The number of rotatable bonds is 10. The van der Waals surface area contributed by atoms with Gasteiger partial charge in [-0.3, -0.25) is 0 Å². The van der Waals surface area contributed by atoms with Gasteiger partial charge in [0.25, 0.3) is 0 Å². The van der Waals surface area contributed by atoms with Crippen LogP contribution in [0.3, 0.4) is 0 Å². The fourth-order valence-electron chi connectivity index (χ4n) is 3.30. The molecule has 1 fully saturated rings. The standard InChI is InChI=1S/C18H37N/c1-4-5-6-7-8-9-10-11-14-19-18-13-12-16(2)17(3)15-18/h16-19H,4-15H2,1-3H3. The lowest BCUT2D eigenvalue weighted by Crippen LogP contribution is -2.36. The van der Waals surface area contributed by atoms with E-state index in [2.05, 4.69) is 26.1 Å². The Morgan fingerprint density at radius 3 is 2.05 bits per heavy atom. The molecule has 1 nitrogen and oxygen atoms in total. The zero-order valence-electron chi connectivity index (χ0n) is 13.7. The summed E-state index contributed by atoms with van der Waals surface area (Å²) in [5.74, 6) is 1.87. The van der Waals surface area contributed by atoms with Crippen molar-refractivity contribution in [3.8, 4) is 0 Å². The van der Waals surface area contributed by atoms with Crippen LogP contribution in [0.15, 0.2) is 0 Å². The van der Waals surface area contributed by atoms with E-state index in [0.29, 0.717) is 0 Å². The predicted octanol–water partition coefficient (Wildman–Crippen LogP) is 5.54. The summed E-state index contributed by atoms with van der Waals surface area (Å²) in [5.41, 5.74) is 0. The summed E-state index contributed by atoms with van der Waals surface area (Å²) in [7, 11) is 0. The van der Waals surface area contributed by atoms with E-state index in [1.165, 1.54) is 77.2 Å². The highest BCUT2D eigenvalue weighted by Crippen LogP contribution is 2.29. The van der Waals surface area contributed by atoms with Crippen LogP contribution in [-0.2, 0) is 0 Å². The normalized spacial score (nSPS) is 27.6. The molecule has 3 unspecified atom stereocenters. The molecule has 1 rings (SSSR count). The van der Waals surface area contributed by atoms with Gasteiger partial charge in [-0.05, 0) is 44.1 Å². The van der Waals surface area contributed by atoms with Crippen LogP contribution in [-0.4, -0.2) is 12.6 Å². The van der Waals surface area contributed by atoms with Crippen molar-refractivity contribution in [2.45, 2.75) is 97.4 Å². The summed E-state index contributed by atoms with van der Waals surface area (Å²) in [6, 6.07) is 0.816. The molecule has 114 valence electrons. The van der Waals surface area contributed by atoms with Crippen LogP contribution in [0.5, 0.6) is 0 Å². The molecule has 0 saturated heterocycles. The average Bonchev–Trinajstić information content (AvgIpc) is 2.41. The van der Waals surface area contributed by atoms with Gasteiger partial charge in [-0.2, -0.15) is 0 Å². The molecule has 0 aromatic rings. The minimum absolute atomic E-state index is 0.816. The quantitative estimate of drug-likeness (QED) is 0.512. The van der Waals surface area contributed by atoms with Crippen LogP contribution in [0.25, 0.3) is 0 Å². The zero-order chi connectivity index (χ0) is 13.9. The van der Waals surface area contributed by atoms with Crippen molar-refractivity contribution < 1.29 is 0 Å². The van der Waals surface area contributed by atoms with Crippen molar-refractivity contribution in [1.29, 1.82) is 0 Å². The van der Waals surface area contributed by atoms with Crippen molar-refractivity contribution in [2.24, 2.45) is 11.8 Å². The summed E-state index contributed by atoms with van der Waals surface area (Å²) in [6.45, 7) is 8.38. The Kier molecular flexibility index (Phi) is 9.59. The van der Waals surface area contributed by atoms with Gasteiger partial charge in [-0.1, -0.05) is 65.7 Å². The highest BCUT2D eigenvalue weighted by molar-refractivity contribution is 4.79. The molecule has 1 N–H and O–H groups in total. The first-order chi connectivity index (χ1) is 9.24. The Morgan fingerprint density at radius 1 is 0.789 bits per heavy atom. The minimum atomic E-state index is 0.816. The van der Waals surface area contributed by atoms with Gasteiger partial charge in [0.1, 0.15) is 0 Å². The third-order valence-electron chi connectivity index (χ3n) is 5.06. The maximum Gasteiger partial charge on any atom is 0.00698 e. The Balaban J connectivity index is 1.86. The molecular formula is C18H37N. The highest BCUT2D eigenvalue weighted by atomic mass is 14.9. The maximum absolute atomic E-state index is 3.78. The molecule has 19 heavy (non-hydrogen) atoms. The average molecular weight is 268 g/mol. The fraction of sp³-hybridized carbons (Fsp3) is 1.00. The lowest BCUT2D eigenvalue weighted by atomic mass is 9.79. The SMILES string of the molecule is CCCCCCCCCCNC1CCC(C)C(C)C1. The van der Waals surface area contributed by atoms with Crippen molar-refractivity contribution in [1.82, 2.24) is 5.32 Å². The molecule has 1 heteroatoms. The second kappa shape index (κ2) is 10.7. The number of nitrogens with one attached hydrogen (secondary N) is 1. The van der Waals surface area contributed by atoms with Gasteiger partial charge in [-0.15, -0.1) is 0 Å². The Morgan fingerprint density at radius 2 is 1.42 bits per heavy atom. The van der Waals surface area contributed by atoms with Crippen molar-refractivity contribution in [3.05, 3.63) is 0 Å². The second-order valence-electron chi connectivity index (χ2n) is 6.89. The Labute approximate surface area is 121 Å². The van der Waals surface area contributed by atoms with Crippen LogP contribution in [0.4, 0.5) is 0 Å². The molecule has 0 aromatic heterocycles. The Bertz CT molecular complexity index is 202. The fourth-order valence-corrected chi connectivity index (χ4v) is 3.30. The van der Waals surface area contributed by atoms with Gasteiger partial charge in [-0.25, -0.2) is 0 Å². The first kappa shape index (κ1) is 17.0. The summed E-state index contributed by atoms with van der Waals surface area (Å²) in [6.07, 6.45) is 15.7. The highest BCUT2D eigenvalue weighted by Gasteiger charge is 2.23. The minimum Gasteiger partial charge on any atom is -0.314 e. The number of hydrogen-bond acceptors (Lipinski definition) is 1. The molecule has 0 bridgehead atoms. The third-order valence-corrected chi connectivity index (χ3v) is 5.06. The molecule has 0 aromatic carbocycles. The lowest BCUT2D eigenvalue weighted by molar-refractivity contribution is 0.226. The topological polar surface area (TPSA) is 12.0 Å². The molecule has 0 amide bonds. The van der Waals surface area contributed by atoms with Gasteiger partial charge in [0.05, 0.1) is 0 Å². The molecule has 1 aliphatic rings. The second-order valence-corrected chi connectivity index (χ2v) is 6.89. The summed E-state index contributed by atoms with van der Waals surface area (Å²) < 4.78 is 0. The van der Waals surface area contributed by atoms with E-state index in [1.54, 1.807) is 0 Å². The van der Waals surface area contributed by atoms with Gasteiger partial charge in [0.15, 0.2) is 0 Å². The van der Waals surface area contributed by atoms with E-state index in [9.17, 15) is 0 Å². The van der Waals surface area contributed by atoms with Gasteiger partial charge >= 0.3 is 0 Å². The summed E-state index contributed by atoms with van der Waals surface area (Å²) in [4.78, 5) is 0. The van der Waals surface area contributed by atoms with E-state index < -0.39 is 0 Å². The third kappa shape index (κ3) is 7.97. The van der Waals surface area contributed by atoms with E-state index in [4.69, 9.17) is 0 Å². The molecular weight excluding hydrogens is 230 g/mol. The van der Waals surface area contributed by atoms with Crippen LogP contribution >= 0.6 is 0 Å². The van der Waals surface area contributed by atoms with Crippen molar-refractivity contribution >= 4 is 0 Å². The lowest BCUT2D eigenvalue weighted by Gasteiger charge is -2.32. The summed E-state index contributed by atoms with van der Waals surface area (Å²) in [5, 5.41) is 3.78. The van der Waals surface area contributed by atoms with E-state index in [-0.39, 0.29) is 0 Å². The molecule has 1 aliphatic carbocycles. The van der Waals surface area contributed by atoms with Crippen molar-refractivity contribution in [2.75, 3.05) is 6.54 Å². The van der Waals surface area contributed by atoms with Crippen LogP contribution in [0, 0.1) is 11.8 Å². The predicted molar refractivity (Wildman–Crippen MR) is 86.6 cm³/mol. The smallest absolute Gasteiger partial charge is 0.00698 e. The first-order valence-electron chi connectivity index (χ1n) is 8.97. The molecule has 0 aliphatic heterocycles. The van der Waals surface area contributed by atoms with Crippen LogP contribution in [0.2, 0.25) is 0 Å². The molecule has 1 saturated carbocycles. The Hall–Kier alpha value is -0.0400. The van der Waals surface area contributed by atoms with Gasteiger partial charge < -0.3 is 5.32 Å². The van der Waals surface area contributed by atoms with E-state index in [0.717, 1.165) is 17.9 Å². The molecule has 0 spiro atoms. The molecule has 3 atom stereocenters. The van der Waals surface area contributed by atoms with Gasteiger partial charge in [0.2, 0.25) is 0 Å². The zero-order valence-corrected chi connectivity index (χ0v) is 13.7. The number of hydrogen-bond donors (Lipinski definition) is 1. The van der Waals surface area contributed by atoms with Crippen molar-refractivity contribution in [3.63, 3.8) is 0 Å². The van der Waals surface area contributed by atoms with E-state index >= 15 is 0 Å². The summed E-state index contributed by atoms with van der Waals surface area (Å²) >= 11 is 0.